The number of nitrogens with zero attached hydrogens (tertiary/aromatic N) is 1. The summed E-state index contributed by atoms with van der Waals surface area (Å²) in [6.07, 6.45) is 0.890. The third-order valence-corrected chi connectivity index (χ3v) is 3.55. The van der Waals surface area contributed by atoms with Gasteiger partial charge in [0.25, 0.3) is 0 Å². The van der Waals surface area contributed by atoms with Crippen LogP contribution in [0.4, 0.5) is 0 Å². The lowest BCUT2D eigenvalue weighted by Crippen LogP contribution is -2.45. The van der Waals surface area contributed by atoms with Crippen LogP contribution in [0.3, 0.4) is 0 Å². The molecule has 20 heavy (non-hydrogen) atoms. The van der Waals surface area contributed by atoms with E-state index in [-0.39, 0.29) is 22.2 Å². The van der Waals surface area contributed by atoms with Crippen LogP contribution in [0.1, 0.15) is 61.8 Å². The fourth-order valence-electron chi connectivity index (χ4n) is 2.86. The quantitative estimate of drug-likeness (QED) is 0.775. The van der Waals surface area contributed by atoms with Crippen molar-refractivity contribution < 1.29 is 4.79 Å². The molecule has 1 N–H and O–H groups in total. The minimum Gasteiger partial charge on any atom is -0.355 e. The van der Waals surface area contributed by atoms with Crippen molar-refractivity contribution in [1.29, 1.82) is 0 Å². The van der Waals surface area contributed by atoms with Gasteiger partial charge in [0.1, 0.15) is 0 Å². The van der Waals surface area contributed by atoms with Gasteiger partial charge < -0.3 is 10.2 Å². The second-order valence-electron chi connectivity index (χ2n) is 8.80. The number of hydrogen-bond donors (Lipinski definition) is 1. The van der Waals surface area contributed by atoms with Crippen molar-refractivity contribution in [1.82, 2.24) is 10.2 Å². The molecule has 0 heterocycles. The fraction of sp³-hybridized carbons (Fsp3) is 0.941. The highest BCUT2D eigenvalue weighted by Crippen LogP contribution is 2.33. The van der Waals surface area contributed by atoms with Crippen LogP contribution in [0, 0.1) is 16.2 Å². The second-order valence-corrected chi connectivity index (χ2v) is 8.80. The van der Waals surface area contributed by atoms with E-state index in [4.69, 9.17) is 0 Å². The highest BCUT2D eigenvalue weighted by atomic mass is 16.2. The van der Waals surface area contributed by atoms with Crippen molar-refractivity contribution in [2.24, 2.45) is 16.2 Å². The zero-order valence-corrected chi connectivity index (χ0v) is 15.2. The Kier molecular flexibility index (Phi) is 6.73. The molecule has 0 aromatic rings. The minimum atomic E-state index is -0.314. The van der Waals surface area contributed by atoms with Gasteiger partial charge in [0.2, 0.25) is 5.91 Å². The van der Waals surface area contributed by atoms with E-state index in [2.05, 4.69) is 58.8 Å². The van der Waals surface area contributed by atoms with E-state index in [1.165, 1.54) is 0 Å². The molecule has 0 unspecified atom stereocenters. The van der Waals surface area contributed by atoms with Crippen molar-refractivity contribution in [3.8, 4) is 0 Å². The van der Waals surface area contributed by atoms with Crippen molar-refractivity contribution >= 4 is 5.91 Å². The van der Waals surface area contributed by atoms with Crippen LogP contribution in [0.15, 0.2) is 0 Å². The maximum Gasteiger partial charge on any atom is 0.225 e. The Bertz CT molecular complexity index is 313. The molecule has 0 bridgehead atoms. The molecule has 0 radical (unpaired) electrons. The average Bonchev–Trinajstić information content (AvgIpc) is 2.21. The molecule has 3 nitrogen and oxygen atoms in total. The lowest BCUT2D eigenvalue weighted by atomic mass is 9.75. The van der Waals surface area contributed by atoms with Crippen LogP contribution in [0.25, 0.3) is 0 Å². The number of carbonyl (C=O) groups is 1. The number of rotatable bonds is 7. The molecule has 0 saturated carbocycles. The molecule has 0 rings (SSSR count). The summed E-state index contributed by atoms with van der Waals surface area (Å²) in [6.45, 7) is 19.9. The topological polar surface area (TPSA) is 32.3 Å². The van der Waals surface area contributed by atoms with Gasteiger partial charge in [0, 0.05) is 18.5 Å². The van der Waals surface area contributed by atoms with E-state index in [0.29, 0.717) is 0 Å². The molecule has 0 aliphatic rings. The van der Waals surface area contributed by atoms with Gasteiger partial charge in [-0.2, -0.15) is 0 Å². The third-order valence-electron chi connectivity index (χ3n) is 3.55. The van der Waals surface area contributed by atoms with E-state index in [1.54, 1.807) is 0 Å². The maximum absolute atomic E-state index is 12.4. The summed E-state index contributed by atoms with van der Waals surface area (Å²) in [5.41, 5.74) is -0.0536. The highest BCUT2D eigenvalue weighted by Gasteiger charge is 2.33. The molecule has 0 saturated heterocycles. The Morgan fingerprint density at radius 1 is 1.05 bits per heavy atom. The molecule has 0 aromatic carbocycles. The molecule has 0 atom stereocenters. The van der Waals surface area contributed by atoms with Gasteiger partial charge in [-0.3, -0.25) is 4.79 Å². The van der Waals surface area contributed by atoms with Gasteiger partial charge in [-0.1, -0.05) is 55.4 Å². The SMILES string of the molecule is CCN(C)CC(C)(C)CNC(=O)C(C)(C)CC(C)(C)C. The Morgan fingerprint density at radius 2 is 1.55 bits per heavy atom. The summed E-state index contributed by atoms with van der Waals surface area (Å²) >= 11 is 0. The minimum absolute atomic E-state index is 0.0955. The van der Waals surface area contributed by atoms with Crippen LogP contribution in [0.2, 0.25) is 0 Å². The van der Waals surface area contributed by atoms with E-state index in [1.807, 2.05) is 13.8 Å². The lowest BCUT2D eigenvalue weighted by Gasteiger charge is -2.34. The van der Waals surface area contributed by atoms with Crippen molar-refractivity contribution in [2.45, 2.75) is 61.8 Å². The van der Waals surface area contributed by atoms with Gasteiger partial charge >= 0.3 is 0 Å². The summed E-state index contributed by atoms with van der Waals surface area (Å²) in [6, 6.07) is 0. The molecule has 0 aromatic heterocycles. The summed E-state index contributed by atoms with van der Waals surface area (Å²) in [4.78, 5) is 14.7. The Hall–Kier alpha value is -0.570. The Balaban J connectivity index is 4.47. The van der Waals surface area contributed by atoms with Crippen LogP contribution in [-0.2, 0) is 4.79 Å². The molecule has 0 aliphatic carbocycles. The highest BCUT2D eigenvalue weighted by molar-refractivity contribution is 5.81. The Morgan fingerprint density at radius 3 is 1.95 bits per heavy atom. The normalized spacial score (nSPS) is 13.7. The summed E-state index contributed by atoms with van der Waals surface area (Å²) in [5, 5.41) is 3.15. The fourth-order valence-corrected chi connectivity index (χ4v) is 2.86. The number of nitrogens with one attached hydrogen (secondary N) is 1. The van der Waals surface area contributed by atoms with E-state index in [9.17, 15) is 4.79 Å². The largest absolute Gasteiger partial charge is 0.355 e. The molecular weight excluding hydrogens is 248 g/mol. The maximum atomic E-state index is 12.4. The van der Waals surface area contributed by atoms with Gasteiger partial charge in [-0.15, -0.1) is 0 Å². The predicted octanol–water partition coefficient (Wildman–Crippen LogP) is 3.54. The number of carbonyl (C=O) groups excluding carboxylic acids is 1. The molecule has 0 spiro atoms. The lowest BCUT2D eigenvalue weighted by molar-refractivity contribution is -0.131. The predicted molar refractivity (Wildman–Crippen MR) is 87.8 cm³/mol. The van der Waals surface area contributed by atoms with Crippen molar-refractivity contribution in [3.05, 3.63) is 0 Å². The average molecular weight is 284 g/mol. The van der Waals surface area contributed by atoms with Crippen LogP contribution in [-0.4, -0.2) is 37.5 Å². The smallest absolute Gasteiger partial charge is 0.225 e. The van der Waals surface area contributed by atoms with Gasteiger partial charge in [0.05, 0.1) is 0 Å². The van der Waals surface area contributed by atoms with Crippen LogP contribution < -0.4 is 5.32 Å². The number of amides is 1. The first-order valence-electron chi connectivity index (χ1n) is 7.76. The van der Waals surface area contributed by atoms with Crippen molar-refractivity contribution in [3.63, 3.8) is 0 Å². The van der Waals surface area contributed by atoms with Gasteiger partial charge in [0.15, 0.2) is 0 Å². The summed E-state index contributed by atoms with van der Waals surface area (Å²) in [7, 11) is 2.12. The molecule has 1 amide bonds. The summed E-state index contributed by atoms with van der Waals surface area (Å²) in [5.74, 6) is 0.166. The Labute approximate surface area is 126 Å². The van der Waals surface area contributed by atoms with E-state index in [0.717, 1.165) is 26.1 Å². The first kappa shape index (κ1) is 19.4. The van der Waals surface area contributed by atoms with Crippen molar-refractivity contribution in [2.75, 3.05) is 26.7 Å². The zero-order chi connectivity index (χ0) is 16.2. The van der Waals surface area contributed by atoms with Crippen LogP contribution >= 0.6 is 0 Å². The third kappa shape index (κ3) is 7.88. The van der Waals surface area contributed by atoms with Gasteiger partial charge in [-0.05, 0) is 30.8 Å². The molecule has 3 heteroatoms. The first-order chi connectivity index (χ1) is 8.79. The zero-order valence-electron chi connectivity index (χ0n) is 15.2. The van der Waals surface area contributed by atoms with Crippen LogP contribution in [0.5, 0.6) is 0 Å². The number of hydrogen-bond acceptors (Lipinski definition) is 2. The first-order valence-corrected chi connectivity index (χ1v) is 7.76. The molecule has 0 aliphatic heterocycles. The monoisotopic (exact) mass is 284 g/mol. The standard InChI is InChI=1S/C17H36N2O/c1-10-19(9)13-16(5,6)12-18-14(20)17(7,8)11-15(2,3)4/h10-13H2,1-9H3,(H,18,20). The molecule has 120 valence electrons. The second kappa shape index (κ2) is 6.93. The van der Waals surface area contributed by atoms with E-state index >= 15 is 0 Å². The van der Waals surface area contributed by atoms with E-state index < -0.39 is 0 Å². The molecule has 0 fully saturated rings. The summed E-state index contributed by atoms with van der Waals surface area (Å²) < 4.78 is 0. The molecular formula is C17H36N2O. The van der Waals surface area contributed by atoms with Gasteiger partial charge in [-0.25, -0.2) is 0 Å².